The fourth-order valence-corrected chi connectivity index (χ4v) is 3.40. The second-order valence-corrected chi connectivity index (χ2v) is 5.86. The van der Waals surface area contributed by atoms with E-state index in [4.69, 9.17) is 11.5 Å². The summed E-state index contributed by atoms with van der Waals surface area (Å²) in [7, 11) is 0. The van der Waals surface area contributed by atoms with E-state index in [0.29, 0.717) is 5.92 Å². The average Bonchev–Trinajstić information content (AvgIpc) is 2.98. The number of guanidine groups is 1. The summed E-state index contributed by atoms with van der Waals surface area (Å²) < 4.78 is 0. The first-order valence-electron chi connectivity index (χ1n) is 6.64. The van der Waals surface area contributed by atoms with Gasteiger partial charge >= 0.3 is 0 Å². The Morgan fingerprint density at radius 3 is 2.95 bits per heavy atom. The molecule has 0 bridgehead atoms. The highest BCUT2D eigenvalue weighted by molar-refractivity contribution is 7.08. The summed E-state index contributed by atoms with van der Waals surface area (Å²) in [6.07, 6.45) is 3.41. The van der Waals surface area contributed by atoms with Gasteiger partial charge in [0.2, 0.25) is 5.96 Å². The van der Waals surface area contributed by atoms with Crippen LogP contribution in [0.2, 0.25) is 0 Å². The normalized spacial score (nSPS) is 19.3. The molecule has 7 heteroatoms. The van der Waals surface area contributed by atoms with E-state index in [1.807, 2.05) is 6.92 Å². The van der Waals surface area contributed by atoms with Crippen molar-refractivity contribution in [2.75, 3.05) is 0 Å². The molecular formula is C14H16N6S. The van der Waals surface area contributed by atoms with E-state index in [9.17, 15) is 0 Å². The molecule has 21 heavy (non-hydrogen) atoms. The van der Waals surface area contributed by atoms with Crippen molar-refractivity contribution in [3.8, 4) is 0 Å². The quantitative estimate of drug-likeness (QED) is 0.499. The third kappa shape index (κ3) is 2.78. The molecule has 1 aliphatic rings. The zero-order valence-corrected chi connectivity index (χ0v) is 12.5. The zero-order chi connectivity index (χ0) is 14.8. The van der Waals surface area contributed by atoms with Crippen molar-refractivity contribution in [3.05, 3.63) is 45.4 Å². The van der Waals surface area contributed by atoms with Crippen LogP contribution in [-0.4, -0.2) is 21.9 Å². The molecule has 0 saturated carbocycles. The number of hydrogen-bond donors (Lipinski definition) is 2. The summed E-state index contributed by atoms with van der Waals surface area (Å²) in [5.74, 6) is 0.300. The van der Waals surface area contributed by atoms with Gasteiger partial charge in [0.25, 0.3) is 0 Å². The maximum absolute atomic E-state index is 5.39. The lowest BCUT2D eigenvalue weighted by Gasteiger charge is -2.24. The molecule has 1 atom stereocenters. The van der Waals surface area contributed by atoms with E-state index < -0.39 is 0 Å². The number of rotatable bonds is 2. The molecular weight excluding hydrogens is 284 g/mol. The first-order chi connectivity index (χ1) is 10.1. The summed E-state index contributed by atoms with van der Waals surface area (Å²) >= 11 is 1.69. The highest BCUT2D eigenvalue weighted by Crippen LogP contribution is 2.34. The average molecular weight is 300 g/mol. The van der Waals surface area contributed by atoms with Gasteiger partial charge in [-0.15, -0.1) is 5.10 Å². The second-order valence-electron chi connectivity index (χ2n) is 5.08. The van der Waals surface area contributed by atoms with Crippen LogP contribution < -0.4 is 11.5 Å². The van der Waals surface area contributed by atoms with Crippen molar-refractivity contribution < 1.29 is 0 Å². The summed E-state index contributed by atoms with van der Waals surface area (Å²) in [5, 5.41) is 20.6. The van der Waals surface area contributed by atoms with E-state index in [1.165, 1.54) is 5.56 Å². The van der Waals surface area contributed by atoms with E-state index in [-0.39, 0.29) is 5.96 Å². The molecule has 3 rings (SSSR count). The molecule has 108 valence electrons. The minimum absolute atomic E-state index is 0.0404. The molecule has 2 aromatic heterocycles. The lowest BCUT2D eigenvalue weighted by molar-refractivity contribution is 0.667. The predicted octanol–water partition coefficient (Wildman–Crippen LogP) is 1.55. The van der Waals surface area contributed by atoms with Crippen molar-refractivity contribution in [1.29, 1.82) is 0 Å². The van der Waals surface area contributed by atoms with Crippen LogP contribution >= 0.6 is 11.3 Å². The lowest BCUT2D eigenvalue weighted by Crippen LogP contribution is -2.24. The van der Waals surface area contributed by atoms with Gasteiger partial charge in [0.05, 0.1) is 17.6 Å². The van der Waals surface area contributed by atoms with Gasteiger partial charge in [-0.3, -0.25) is 0 Å². The summed E-state index contributed by atoms with van der Waals surface area (Å²) in [4.78, 5) is 0. The van der Waals surface area contributed by atoms with Crippen LogP contribution in [0.15, 0.2) is 33.2 Å². The summed E-state index contributed by atoms with van der Waals surface area (Å²) in [6.45, 7) is 2.00. The molecule has 0 radical (unpaired) electrons. The lowest BCUT2D eigenvalue weighted by atomic mass is 9.81. The number of aryl methyl sites for hydroxylation is 1. The zero-order valence-electron chi connectivity index (χ0n) is 11.7. The second kappa shape index (κ2) is 5.61. The van der Waals surface area contributed by atoms with Crippen molar-refractivity contribution in [1.82, 2.24) is 10.2 Å². The summed E-state index contributed by atoms with van der Waals surface area (Å²) in [6, 6.07) is 2.14. The number of hydrogen-bond acceptors (Lipinski definition) is 5. The molecule has 0 amide bonds. The maximum Gasteiger partial charge on any atom is 0.211 e. The van der Waals surface area contributed by atoms with Gasteiger partial charge in [-0.2, -0.15) is 26.6 Å². The molecule has 1 unspecified atom stereocenters. The van der Waals surface area contributed by atoms with Crippen LogP contribution in [0.25, 0.3) is 0 Å². The van der Waals surface area contributed by atoms with Gasteiger partial charge in [0, 0.05) is 5.56 Å². The Balaban J connectivity index is 2.06. The third-order valence-corrected chi connectivity index (χ3v) is 4.28. The topological polar surface area (TPSA) is 103 Å². The Morgan fingerprint density at radius 2 is 2.24 bits per heavy atom. The number of thiophene rings is 1. The molecule has 2 aromatic rings. The molecule has 0 fully saturated rings. The minimum atomic E-state index is -0.0404. The predicted molar refractivity (Wildman–Crippen MR) is 84.5 cm³/mol. The third-order valence-electron chi connectivity index (χ3n) is 3.58. The Kier molecular flexibility index (Phi) is 3.66. The fourth-order valence-electron chi connectivity index (χ4n) is 2.66. The molecule has 6 nitrogen and oxygen atoms in total. The minimum Gasteiger partial charge on any atom is -0.369 e. The Bertz CT molecular complexity index is 700. The highest BCUT2D eigenvalue weighted by Gasteiger charge is 2.28. The molecule has 0 aliphatic heterocycles. The molecule has 0 aromatic carbocycles. The molecule has 0 saturated heterocycles. The first-order valence-corrected chi connectivity index (χ1v) is 7.58. The van der Waals surface area contributed by atoms with E-state index in [2.05, 4.69) is 37.2 Å². The molecule has 4 N–H and O–H groups in total. The van der Waals surface area contributed by atoms with Crippen LogP contribution in [0.5, 0.6) is 0 Å². The van der Waals surface area contributed by atoms with Crippen LogP contribution in [0.1, 0.15) is 34.7 Å². The first kappa shape index (κ1) is 13.7. The van der Waals surface area contributed by atoms with Crippen molar-refractivity contribution >= 4 is 23.0 Å². The van der Waals surface area contributed by atoms with E-state index in [0.717, 1.165) is 35.4 Å². The van der Waals surface area contributed by atoms with Gasteiger partial charge in [-0.1, -0.05) is 0 Å². The van der Waals surface area contributed by atoms with Gasteiger partial charge in [0.15, 0.2) is 0 Å². The van der Waals surface area contributed by atoms with Crippen LogP contribution in [0.4, 0.5) is 0 Å². The fraction of sp³-hybridized carbons (Fsp3) is 0.286. The van der Waals surface area contributed by atoms with Gasteiger partial charge < -0.3 is 11.5 Å². The molecule has 1 aliphatic carbocycles. The highest BCUT2D eigenvalue weighted by atomic mass is 32.1. The Hall–Kier alpha value is -2.28. The Labute approximate surface area is 126 Å². The van der Waals surface area contributed by atoms with E-state index >= 15 is 0 Å². The summed E-state index contributed by atoms with van der Waals surface area (Å²) in [5.41, 5.74) is 16.0. The van der Waals surface area contributed by atoms with Gasteiger partial charge in [-0.05, 0) is 53.6 Å². The van der Waals surface area contributed by atoms with Crippen LogP contribution in [0, 0.1) is 6.92 Å². The van der Waals surface area contributed by atoms with Crippen molar-refractivity contribution in [2.45, 2.75) is 25.7 Å². The van der Waals surface area contributed by atoms with Gasteiger partial charge in [0.1, 0.15) is 0 Å². The number of nitrogens with zero attached hydrogens (tertiary/aromatic N) is 4. The molecule has 2 heterocycles. The number of nitrogens with two attached hydrogens (primary N) is 2. The van der Waals surface area contributed by atoms with Crippen LogP contribution in [0.3, 0.4) is 0 Å². The smallest absolute Gasteiger partial charge is 0.211 e. The standard InChI is InChI=1S/C14H16N6S/c1-8-6-17-18-11-4-10(9-2-3-21-7-9)5-12(13(8)11)19-20-14(15)16/h2-3,6-7,10H,4-5H2,1H3,(H4,15,16,20). The number of fused-ring (bicyclic) bond motifs is 1. The SMILES string of the molecule is Cc1cnnc2c1C(=NN=C(N)N)CC(c1ccsc1)C2. The Morgan fingerprint density at radius 1 is 1.38 bits per heavy atom. The number of aromatic nitrogens is 2. The van der Waals surface area contributed by atoms with Crippen molar-refractivity contribution in [3.63, 3.8) is 0 Å². The molecule has 0 spiro atoms. The largest absolute Gasteiger partial charge is 0.369 e. The maximum atomic E-state index is 5.39. The monoisotopic (exact) mass is 300 g/mol. The van der Waals surface area contributed by atoms with Crippen LogP contribution in [-0.2, 0) is 6.42 Å². The van der Waals surface area contributed by atoms with Gasteiger partial charge in [-0.25, -0.2) is 0 Å². The van der Waals surface area contributed by atoms with Crippen molar-refractivity contribution in [2.24, 2.45) is 21.7 Å². The van der Waals surface area contributed by atoms with E-state index in [1.54, 1.807) is 17.5 Å².